The highest BCUT2D eigenvalue weighted by atomic mass is 16.5. The fourth-order valence-electron chi connectivity index (χ4n) is 3.59. The molecule has 0 spiro atoms. The van der Waals surface area contributed by atoms with E-state index in [0.29, 0.717) is 48.4 Å². The molecule has 2 amide bonds. The van der Waals surface area contributed by atoms with E-state index in [1.165, 1.54) is 6.07 Å². The van der Waals surface area contributed by atoms with Gasteiger partial charge in [-0.2, -0.15) is 0 Å². The lowest BCUT2D eigenvalue weighted by molar-refractivity contribution is 0.0157. The minimum absolute atomic E-state index is 0.132. The summed E-state index contributed by atoms with van der Waals surface area (Å²) in [6.07, 6.45) is 0.547. The zero-order valence-electron chi connectivity index (χ0n) is 15.2. The third-order valence-electron chi connectivity index (χ3n) is 5.24. The van der Waals surface area contributed by atoms with Crippen LogP contribution in [0.1, 0.15) is 46.4 Å². The van der Waals surface area contributed by atoms with E-state index in [9.17, 15) is 19.8 Å². The molecule has 0 radical (unpaired) electrons. The summed E-state index contributed by atoms with van der Waals surface area (Å²) in [4.78, 5) is 25.2. The topological polar surface area (TPSA) is 108 Å². The minimum atomic E-state index is -0.753. The van der Waals surface area contributed by atoms with Crippen molar-refractivity contribution in [1.29, 1.82) is 0 Å². The molecule has 1 saturated carbocycles. The van der Waals surface area contributed by atoms with Crippen LogP contribution in [0.5, 0.6) is 11.5 Å². The Kier molecular flexibility index (Phi) is 5.02. The van der Waals surface area contributed by atoms with Crippen molar-refractivity contribution in [2.75, 3.05) is 5.32 Å². The van der Waals surface area contributed by atoms with Gasteiger partial charge in [0.2, 0.25) is 0 Å². The molecule has 0 bridgehead atoms. The number of aliphatic hydroxyl groups is 2. The van der Waals surface area contributed by atoms with Crippen LogP contribution in [0.4, 0.5) is 5.69 Å². The Morgan fingerprint density at radius 3 is 2.46 bits per heavy atom. The van der Waals surface area contributed by atoms with Gasteiger partial charge >= 0.3 is 0 Å². The summed E-state index contributed by atoms with van der Waals surface area (Å²) in [7, 11) is 0. The molecule has 2 aromatic carbocycles. The minimum Gasteiger partial charge on any atom is -0.454 e. The second-order valence-corrected chi connectivity index (χ2v) is 7.22. The number of amides is 2. The number of carbonyl (C=O) groups excluding carboxylic acids is 2. The molecule has 1 heterocycles. The molecule has 7 nitrogen and oxygen atoms in total. The molecule has 3 atom stereocenters. The summed E-state index contributed by atoms with van der Waals surface area (Å²) in [5, 5.41) is 25.3. The third kappa shape index (κ3) is 3.72. The molecule has 1 aliphatic carbocycles. The highest BCUT2D eigenvalue weighted by Crippen LogP contribution is 2.35. The Labute approximate surface area is 162 Å². The van der Waals surface area contributed by atoms with Crippen LogP contribution in [0.25, 0.3) is 0 Å². The van der Waals surface area contributed by atoms with Gasteiger partial charge in [-0.15, -0.1) is 0 Å². The molecular formula is C21H22N2O5. The lowest BCUT2D eigenvalue weighted by atomic mass is 10.1. The van der Waals surface area contributed by atoms with Crippen molar-refractivity contribution in [3.63, 3.8) is 0 Å². The molecule has 4 rings (SSSR count). The van der Waals surface area contributed by atoms with Crippen molar-refractivity contribution in [2.45, 2.75) is 43.9 Å². The van der Waals surface area contributed by atoms with Gasteiger partial charge in [0.25, 0.3) is 11.8 Å². The Balaban J connectivity index is 1.52. The number of rotatable bonds is 2. The number of nitrogens with one attached hydrogen (secondary N) is 2. The van der Waals surface area contributed by atoms with Gasteiger partial charge < -0.3 is 25.6 Å². The molecule has 0 saturated heterocycles. The van der Waals surface area contributed by atoms with Crippen LogP contribution in [-0.2, 0) is 0 Å². The molecule has 4 N–H and O–H groups in total. The van der Waals surface area contributed by atoms with E-state index in [1.807, 2.05) is 6.07 Å². The molecule has 146 valence electrons. The predicted octanol–water partition coefficient (Wildman–Crippen LogP) is 2.44. The zero-order chi connectivity index (χ0) is 19.7. The monoisotopic (exact) mass is 382 g/mol. The van der Waals surface area contributed by atoms with Crippen molar-refractivity contribution < 1.29 is 24.5 Å². The van der Waals surface area contributed by atoms with E-state index in [1.54, 1.807) is 30.3 Å². The van der Waals surface area contributed by atoms with Gasteiger partial charge in [0.05, 0.1) is 23.5 Å². The van der Waals surface area contributed by atoms with Crippen molar-refractivity contribution in [3.05, 3.63) is 53.6 Å². The maximum Gasteiger partial charge on any atom is 0.259 e. The molecule has 1 unspecified atom stereocenters. The van der Waals surface area contributed by atoms with E-state index in [-0.39, 0.29) is 23.4 Å². The van der Waals surface area contributed by atoms with Crippen LogP contribution >= 0.6 is 0 Å². The first-order chi connectivity index (χ1) is 13.5. The molecule has 2 aromatic rings. The van der Waals surface area contributed by atoms with Gasteiger partial charge in [0.1, 0.15) is 5.75 Å². The smallest absolute Gasteiger partial charge is 0.259 e. The lowest BCUT2D eigenvalue weighted by Gasteiger charge is -2.16. The summed E-state index contributed by atoms with van der Waals surface area (Å²) in [6, 6.07) is 11.8. The van der Waals surface area contributed by atoms with Gasteiger partial charge in [0, 0.05) is 11.6 Å². The van der Waals surface area contributed by atoms with Gasteiger partial charge in [-0.3, -0.25) is 9.59 Å². The second-order valence-electron chi connectivity index (χ2n) is 7.22. The first kappa shape index (κ1) is 18.5. The van der Waals surface area contributed by atoms with Crippen molar-refractivity contribution in [3.8, 4) is 11.5 Å². The van der Waals surface area contributed by atoms with Crippen LogP contribution in [0.3, 0.4) is 0 Å². The first-order valence-electron chi connectivity index (χ1n) is 9.40. The summed E-state index contributed by atoms with van der Waals surface area (Å²) in [5.74, 6) is 0.297. The molecule has 2 aliphatic rings. The standard InChI is InChI=1S/C21H22N2O5/c24-16-8-6-13(7-9-17(16)25)22-20(26)12-5-10-18-14(11-12)21(27)23-15-3-1-2-4-19(15)28-18/h1-5,10-11,13,16-17,24-25H,6-9H2,(H,22,26)(H,23,27)/t13?,16-,17+. The highest BCUT2D eigenvalue weighted by Gasteiger charge is 2.26. The van der Waals surface area contributed by atoms with Gasteiger partial charge in [-0.1, -0.05) is 12.1 Å². The van der Waals surface area contributed by atoms with E-state index in [4.69, 9.17) is 4.74 Å². The summed E-state index contributed by atoms with van der Waals surface area (Å²) < 4.78 is 5.83. The number of aliphatic hydroxyl groups excluding tert-OH is 2. The Morgan fingerprint density at radius 1 is 1.00 bits per heavy atom. The molecular weight excluding hydrogens is 360 g/mol. The lowest BCUT2D eigenvalue weighted by Crippen LogP contribution is -2.34. The van der Waals surface area contributed by atoms with Gasteiger partial charge in [-0.25, -0.2) is 0 Å². The second kappa shape index (κ2) is 7.61. The van der Waals surface area contributed by atoms with E-state index >= 15 is 0 Å². The van der Waals surface area contributed by atoms with Crippen LogP contribution < -0.4 is 15.4 Å². The zero-order valence-corrected chi connectivity index (χ0v) is 15.2. The SMILES string of the molecule is O=C(NC1CC[C@@H](O)[C@@H](O)CC1)c1ccc2c(c1)C(=O)Nc1ccccc1O2. The number of anilines is 1. The number of hydrogen-bond donors (Lipinski definition) is 4. The van der Waals surface area contributed by atoms with Crippen molar-refractivity contribution in [2.24, 2.45) is 0 Å². The molecule has 28 heavy (non-hydrogen) atoms. The largest absolute Gasteiger partial charge is 0.454 e. The van der Waals surface area contributed by atoms with Gasteiger partial charge in [0.15, 0.2) is 5.75 Å². The maximum absolute atomic E-state index is 12.7. The fourth-order valence-corrected chi connectivity index (χ4v) is 3.59. The molecule has 1 fully saturated rings. The quantitative estimate of drug-likeness (QED) is 0.597. The number of benzene rings is 2. The van der Waals surface area contributed by atoms with Crippen molar-refractivity contribution in [1.82, 2.24) is 5.32 Å². The normalized spacial score (nSPS) is 23.9. The third-order valence-corrected chi connectivity index (χ3v) is 5.24. The number of ether oxygens (including phenoxy) is 1. The summed E-state index contributed by atoms with van der Waals surface area (Å²) in [5.41, 5.74) is 1.22. The van der Waals surface area contributed by atoms with Gasteiger partial charge in [-0.05, 0) is 56.0 Å². The number of para-hydroxylation sites is 2. The van der Waals surface area contributed by atoms with Crippen LogP contribution in [0.2, 0.25) is 0 Å². The average Bonchev–Trinajstić information content (AvgIpc) is 2.94. The number of fused-ring (bicyclic) bond motifs is 2. The highest BCUT2D eigenvalue weighted by molar-refractivity contribution is 6.09. The Morgan fingerprint density at radius 2 is 1.71 bits per heavy atom. The molecule has 1 aliphatic heterocycles. The Hall–Kier alpha value is -2.90. The summed E-state index contributed by atoms with van der Waals surface area (Å²) >= 11 is 0. The average molecular weight is 382 g/mol. The fraction of sp³-hybridized carbons (Fsp3) is 0.333. The number of carbonyl (C=O) groups is 2. The van der Waals surface area contributed by atoms with E-state index in [2.05, 4.69) is 10.6 Å². The predicted molar refractivity (Wildman–Crippen MR) is 103 cm³/mol. The number of hydrogen-bond acceptors (Lipinski definition) is 5. The first-order valence-corrected chi connectivity index (χ1v) is 9.40. The van der Waals surface area contributed by atoms with Crippen LogP contribution in [-0.4, -0.2) is 40.3 Å². The summed E-state index contributed by atoms with van der Waals surface area (Å²) in [6.45, 7) is 0. The van der Waals surface area contributed by atoms with Crippen LogP contribution in [0, 0.1) is 0 Å². The molecule has 0 aromatic heterocycles. The van der Waals surface area contributed by atoms with E-state index in [0.717, 1.165) is 0 Å². The maximum atomic E-state index is 12.7. The van der Waals surface area contributed by atoms with E-state index < -0.39 is 12.2 Å². The van der Waals surface area contributed by atoms with Crippen LogP contribution in [0.15, 0.2) is 42.5 Å². The Bertz CT molecular complexity index is 901. The molecule has 7 heteroatoms. The van der Waals surface area contributed by atoms with Crippen molar-refractivity contribution >= 4 is 17.5 Å².